The number of aliphatic carboxylic acids is 1. The van der Waals surface area contributed by atoms with Crippen LogP contribution in [0, 0.1) is 5.92 Å². The third-order valence-electron chi connectivity index (χ3n) is 3.86. The van der Waals surface area contributed by atoms with Gasteiger partial charge in [-0.3, -0.25) is 14.9 Å². The van der Waals surface area contributed by atoms with Gasteiger partial charge < -0.3 is 15.5 Å². The maximum absolute atomic E-state index is 11.4. The zero-order valence-electron chi connectivity index (χ0n) is 12.9. The van der Waals surface area contributed by atoms with Crippen LogP contribution in [-0.4, -0.2) is 46.3 Å². The first kappa shape index (κ1) is 17.7. The first-order valence-corrected chi connectivity index (χ1v) is 7.47. The van der Waals surface area contributed by atoms with Crippen molar-refractivity contribution in [3.05, 3.63) is 12.2 Å². The van der Waals surface area contributed by atoms with Crippen molar-refractivity contribution in [1.29, 1.82) is 0 Å². The summed E-state index contributed by atoms with van der Waals surface area (Å²) in [5.41, 5.74) is 0. The minimum Gasteiger partial charge on any atom is -0.480 e. The molecule has 0 radical (unpaired) electrons. The highest BCUT2D eigenvalue weighted by Gasteiger charge is 2.42. The summed E-state index contributed by atoms with van der Waals surface area (Å²) < 4.78 is 0. The van der Waals surface area contributed by atoms with Crippen LogP contribution in [0.2, 0.25) is 0 Å². The van der Waals surface area contributed by atoms with Crippen molar-refractivity contribution in [2.45, 2.75) is 64.3 Å². The predicted molar refractivity (Wildman–Crippen MR) is 79.8 cm³/mol. The number of hydrogen-bond acceptors (Lipinski definition) is 4. The summed E-state index contributed by atoms with van der Waals surface area (Å²) in [4.78, 5) is 22.6. The Hall–Kier alpha value is -1.40. The molecule has 1 aliphatic heterocycles. The predicted octanol–water partition coefficient (Wildman–Crippen LogP) is 0.660. The summed E-state index contributed by atoms with van der Waals surface area (Å²) in [6.45, 7) is 5.24. The van der Waals surface area contributed by atoms with Gasteiger partial charge in [0.2, 0.25) is 5.91 Å². The molecule has 1 rings (SSSR count). The molecular formula is C15H26N2O4. The summed E-state index contributed by atoms with van der Waals surface area (Å²) in [5, 5.41) is 25.3. The fraction of sp³-hybridized carbons (Fsp3) is 0.733. The number of carbonyl (C=O) groups is 2. The molecule has 1 heterocycles. The maximum Gasteiger partial charge on any atom is 0.320 e. The van der Waals surface area contributed by atoms with Crippen LogP contribution in [-0.2, 0) is 9.59 Å². The lowest BCUT2D eigenvalue weighted by atomic mass is 9.89. The highest BCUT2D eigenvalue weighted by atomic mass is 16.4. The number of rotatable bonds is 7. The van der Waals surface area contributed by atoms with E-state index in [4.69, 9.17) is 0 Å². The van der Waals surface area contributed by atoms with Crippen LogP contribution >= 0.6 is 0 Å². The van der Waals surface area contributed by atoms with E-state index in [-0.39, 0.29) is 17.9 Å². The Balaban J connectivity index is 2.95. The van der Waals surface area contributed by atoms with E-state index in [9.17, 15) is 19.8 Å². The fourth-order valence-corrected chi connectivity index (χ4v) is 2.97. The topological polar surface area (TPSA) is 98.7 Å². The quantitative estimate of drug-likeness (QED) is 0.518. The van der Waals surface area contributed by atoms with Crippen molar-refractivity contribution < 1.29 is 19.8 Å². The number of allylic oxidation sites excluding steroid dienone is 1. The van der Waals surface area contributed by atoms with Crippen LogP contribution in [0.3, 0.4) is 0 Å². The zero-order valence-corrected chi connectivity index (χ0v) is 12.9. The molecule has 0 aliphatic carbocycles. The largest absolute Gasteiger partial charge is 0.480 e. The molecule has 1 amide bonds. The van der Waals surface area contributed by atoms with E-state index in [0.717, 1.165) is 6.42 Å². The molecule has 0 unspecified atom stereocenters. The molecule has 6 heteroatoms. The zero-order chi connectivity index (χ0) is 16.0. The molecule has 0 aromatic heterocycles. The van der Waals surface area contributed by atoms with Gasteiger partial charge in [-0.15, -0.1) is 0 Å². The Bertz CT molecular complexity index is 397. The van der Waals surface area contributed by atoms with Crippen molar-refractivity contribution >= 4 is 11.9 Å². The normalized spacial score (nSPS) is 28.5. The van der Waals surface area contributed by atoms with E-state index >= 15 is 0 Å². The van der Waals surface area contributed by atoms with Gasteiger partial charge in [0, 0.05) is 13.0 Å². The molecule has 5 atom stereocenters. The minimum absolute atomic E-state index is 0.0283. The van der Waals surface area contributed by atoms with E-state index in [1.165, 1.54) is 6.92 Å². The van der Waals surface area contributed by atoms with Crippen LogP contribution in [0.25, 0.3) is 0 Å². The molecule has 1 saturated heterocycles. The second-order valence-electron chi connectivity index (χ2n) is 5.59. The van der Waals surface area contributed by atoms with Gasteiger partial charge in [0.1, 0.15) is 6.04 Å². The summed E-state index contributed by atoms with van der Waals surface area (Å²) in [6, 6.07) is -1.43. The Morgan fingerprint density at radius 2 is 2.14 bits per heavy atom. The van der Waals surface area contributed by atoms with Crippen LogP contribution in [0.1, 0.15) is 40.0 Å². The maximum atomic E-state index is 11.4. The molecule has 0 saturated carbocycles. The molecule has 6 nitrogen and oxygen atoms in total. The van der Waals surface area contributed by atoms with Crippen LogP contribution in [0.5, 0.6) is 0 Å². The van der Waals surface area contributed by atoms with Gasteiger partial charge in [0.25, 0.3) is 0 Å². The first-order chi connectivity index (χ1) is 9.90. The SMILES string of the molecule is C/C=C\[C@@H]1C[C@H](C(=O)O)N[C@H]1[C@@H](NC(C)=O)[C@@H](O)CCC. The van der Waals surface area contributed by atoms with Crippen molar-refractivity contribution in [2.24, 2.45) is 5.92 Å². The number of hydrogen-bond donors (Lipinski definition) is 4. The van der Waals surface area contributed by atoms with Gasteiger partial charge in [-0.25, -0.2) is 0 Å². The number of amides is 1. The second-order valence-corrected chi connectivity index (χ2v) is 5.59. The fourth-order valence-electron chi connectivity index (χ4n) is 2.97. The molecule has 0 aromatic rings. The highest BCUT2D eigenvalue weighted by Crippen LogP contribution is 2.26. The summed E-state index contributed by atoms with van der Waals surface area (Å²) >= 11 is 0. The standard InChI is InChI=1S/C15H26N2O4/c1-4-6-10-8-11(15(20)21)17-13(10)14(16-9(3)18)12(19)7-5-2/h4,6,10-14,17,19H,5,7-8H2,1-3H3,(H,16,18)(H,20,21)/b6-4-/t10-,11-,12+,13-,14+/m1/s1. The van der Waals surface area contributed by atoms with Crippen LogP contribution in [0.4, 0.5) is 0 Å². The van der Waals surface area contributed by atoms with E-state index in [2.05, 4.69) is 10.6 Å². The van der Waals surface area contributed by atoms with E-state index < -0.39 is 24.2 Å². The lowest BCUT2D eigenvalue weighted by Crippen LogP contribution is -2.56. The third kappa shape index (κ3) is 4.82. The monoisotopic (exact) mass is 298 g/mol. The smallest absolute Gasteiger partial charge is 0.320 e. The molecule has 0 spiro atoms. The first-order valence-electron chi connectivity index (χ1n) is 7.47. The van der Waals surface area contributed by atoms with Crippen molar-refractivity contribution in [3.63, 3.8) is 0 Å². The van der Waals surface area contributed by atoms with Gasteiger partial charge >= 0.3 is 5.97 Å². The van der Waals surface area contributed by atoms with Gasteiger partial charge in [0.15, 0.2) is 0 Å². The van der Waals surface area contributed by atoms with Gasteiger partial charge in [0.05, 0.1) is 12.1 Å². The average Bonchev–Trinajstić information content (AvgIpc) is 2.80. The summed E-state index contributed by atoms with van der Waals surface area (Å²) in [7, 11) is 0. The van der Waals surface area contributed by atoms with E-state index in [0.29, 0.717) is 12.8 Å². The summed E-state index contributed by atoms with van der Waals surface area (Å²) in [6.07, 6.45) is 4.93. The van der Waals surface area contributed by atoms with Gasteiger partial charge in [-0.1, -0.05) is 25.5 Å². The number of aliphatic hydroxyl groups excluding tert-OH is 1. The Morgan fingerprint density at radius 1 is 1.48 bits per heavy atom. The van der Waals surface area contributed by atoms with E-state index in [1.54, 1.807) is 0 Å². The van der Waals surface area contributed by atoms with Crippen molar-refractivity contribution in [1.82, 2.24) is 10.6 Å². The van der Waals surface area contributed by atoms with Crippen LogP contribution < -0.4 is 10.6 Å². The number of carboxylic acids is 1. The van der Waals surface area contributed by atoms with Gasteiger partial charge in [-0.2, -0.15) is 0 Å². The molecule has 4 N–H and O–H groups in total. The molecule has 1 fully saturated rings. The molecule has 0 aromatic carbocycles. The number of carbonyl (C=O) groups excluding carboxylic acids is 1. The minimum atomic E-state index is -0.904. The Morgan fingerprint density at radius 3 is 2.62 bits per heavy atom. The lowest BCUT2D eigenvalue weighted by Gasteiger charge is -2.32. The van der Waals surface area contributed by atoms with Crippen LogP contribution in [0.15, 0.2) is 12.2 Å². The average molecular weight is 298 g/mol. The molecular weight excluding hydrogens is 272 g/mol. The second kappa shape index (κ2) is 8.14. The highest BCUT2D eigenvalue weighted by molar-refractivity contribution is 5.75. The Kier molecular flexibility index (Phi) is 6.84. The van der Waals surface area contributed by atoms with Crippen molar-refractivity contribution in [3.8, 4) is 0 Å². The molecule has 1 aliphatic rings. The molecule has 120 valence electrons. The van der Waals surface area contributed by atoms with Gasteiger partial charge in [-0.05, 0) is 25.7 Å². The summed E-state index contributed by atoms with van der Waals surface area (Å²) in [5.74, 6) is -1.16. The third-order valence-corrected chi connectivity index (χ3v) is 3.86. The molecule has 21 heavy (non-hydrogen) atoms. The Labute approximate surface area is 125 Å². The molecule has 0 bridgehead atoms. The number of carboxylic acid groups (broad SMARTS) is 1. The number of nitrogens with one attached hydrogen (secondary N) is 2. The van der Waals surface area contributed by atoms with E-state index in [1.807, 2.05) is 26.0 Å². The number of aliphatic hydroxyl groups is 1. The lowest BCUT2D eigenvalue weighted by molar-refractivity contribution is -0.139. The van der Waals surface area contributed by atoms with Crippen molar-refractivity contribution in [2.75, 3.05) is 0 Å².